The van der Waals surface area contributed by atoms with E-state index >= 15 is 0 Å². The highest BCUT2D eigenvalue weighted by Gasteiger charge is 2.13. The summed E-state index contributed by atoms with van der Waals surface area (Å²) in [6.45, 7) is 0. The maximum absolute atomic E-state index is 12.4. The molecule has 0 unspecified atom stereocenters. The Morgan fingerprint density at radius 2 is 1.97 bits per heavy atom. The molecule has 0 radical (unpaired) electrons. The molecule has 0 bridgehead atoms. The number of anilines is 1. The fourth-order valence-corrected chi connectivity index (χ4v) is 3.97. The van der Waals surface area contributed by atoms with E-state index in [1.165, 1.54) is 23.5 Å². The second kappa shape index (κ2) is 7.95. The van der Waals surface area contributed by atoms with E-state index in [1.54, 1.807) is 35.7 Å². The van der Waals surface area contributed by atoms with E-state index in [9.17, 15) is 14.9 Å². The Labute approximate surface area is 176 Å². The Balaban J connectivity index is 1.43. The Bertz CT molecular complexity index is 1250. The number of aromatic nitrogens is 3. The van der Waals surface area contributed by atoms with Crippen LogP contribution in [0, 0.1) is 10.1 Å². The van der Waals surface area contributed by atoms with Crippen molar-refractivity contribution in [1.82, 2.24) is 19.0 Å². The molecule has 0 spiro atoms. The van der Waals surface area contributed by atoms with Crippen molar-refractivity contribution in [2.75, 3.05) is 5.32 Å². The average molecular weight is 443 g/mol. The molecule has 2 N–H and O–H groups in total. The van der Waals surface area contributed by atoms with Gasteiger partial charge >= 0.3 is 0 Å². The Morgan fingerprint density at radius 1 is 1.14 bits per heavy atom. The van der Waals surface area contributed by atoms with Gasteiger partial charge in [-0.3, -0.25) is 20.2 Å². The van der Waals surface area contributed by atoms with Crippen LogP contribution in [0.4, 0.5) is 10.8 Å². The zero-order valence-corrected chi connectivity index (χ0v) is 16.8. The van der Waals surface area contributed by atoms with Gasteiger partial charge in [0.15, 0.2) is 10.2 Å². The maximum Gasteiger partial charge on any atom is 0.270 e. The van der Waals surface area contributed by atoms with Crippen LogP contribution in [0.1, 0.15) is 10.4 Å². The molecule has 0 aliphatic carbocycles. The topological polar surface area (TPSA) is 123 Å². The first-order valence-electron chi connectivity index (χ1n) is 8.04. The first-order chi connectivity index (χ1) is 14.0. The van der Waals surface area contributed by atoms with Gasteiger partial charge in [0, 0.05) is 28.6 Å². The van der Waals surface area contributed by atoms with Crippen molar-refractivity contribution >= 4 is 68.2 Å². The summed E-state index contributed by atoms with van der Waals surface area (Å²) < 4.78 is 8.20. The van der Waals surface area contributed by atoms with Gasteiger partial charge in [-0.1, -0.05) is 12.1 Å². The van der Waals surface area contributed by atoms with Crippen molar-refractivity contribution in [2.24, 2.45) is 0 Å². The van der Waals surface area contributed by atoms with Crippen LogP contribution >= 0.6 is 35.3 Å². The summed E-state index contributed by atoms with van der Waals surface area (Å²) in [5.41, 5.74) is 2.94. The van der Waals surface area contributed by atoms with Gasteiger partial charge < -0.3 is 5.32 Å². The number of carbonyl (C=O) groups is 1. The van der Waals surface area contributed by atoms with Crippen LogP contribution in [-0.4, -0.2) is 29.7 Å². The van der Waals surface area contributed by atoms with Crippen molar-refractivity contribution in [1.29, 1.82) is 0 Å². The van der Waals surface area contributed by atoms with Gasteiger partial charge in [0.05, 0.1) is 22.3 Å². The van der Waals surface area contributed by atoms with Crippen molar-refractivity contribution in [3.63, 3.8) is 0 Å². The lowest BCUT2D eigenvalue weighted by molar-refractivity contribution is -0.384. The molecule has 29 heavy (non-hydrogen) atoms. The van der Waals surface area contributed by atoms with Gasteiger partial charge in [0.25, 0.3) is 11.6 Å². The summed E-state index contributed by atoms with van der Waals surface area (Å²) in [7, 11) is 0. The highest BCUT2D eigenvalue weighted by molar-refractivity contribution is 7.80. The minimum Gasteiger partial charge on any atom is -0.308 e. The van der Waals surface area contributed by atoms with Gasteiger partial charge in [-0.05, 0) is 30.4 Å². The minimum absolute atomic E-state index is 0.0138. The summed E-state index contributed by atoms with van der Waals surface area (Å²) in [5, 5.41) is 18.6. The van der Waals surface area contributed by atoms with E-state index in [0.29, 0.717) is 27.5 Å². The van der Waals surface area contributed by atoms with Crippen LogP contribution in [0.25, 0.3) is 22.3 Å². The zero-order chi connectivity index (χ0) is 20.4. The number of hydrogen-bond acceptors (Lipinski definition) is 9. The van der Waals surface area contributed by atoms with Crippen LogP contribution < -0.4 is 10.6 Å². The van der Waals surface area contributed by atoms with E-state index in [2.05, 4.69) is 24.4 Å². The molecule has 9 nitrogen and oxygen atoms in total. The third kappa shape index (κ3) is 4.23. The Hall–Kier alpha value is -3.35. The molecule has 2 aromatic heterocycles. The van der Waals surface area contributed by atoms with Crippen molar-refractivity contribution in [3.05, 3.63) is 63.5 Å². The number of carbonyl (C=O) groups excluding carboxylic acids is 1. The second-order valence-corrected chi connectivity index (χ2v) is 7.52. The lowest BCUT2D eigenvalue weighted by Crippen LogP contribution is -2.34. The zero-order valence-electron chi connectivity index (χ0n) is 14.4. The van der Waals surface area contributed by atoms with E-state index in [-0.39, 0.29) is 16.7 Å². The summed E-state index contributed by atoms with van der Waals surface area (Å²) in [6.07, 6.45) is 0. The molecule has 0 fully saturated rings. The SMILES string of the molecule is O=C(NC(=S)Nc1nc(-c2cccc([N+](=O)[O-])c2)cs1)c1ccc2nsnc2c1. The van der Waals surface area contributed by atoms with Crippen LogP contribution in [0.15, 0.2) is 47.8 Å². The van der Waals surface area contributed by atoms with E-state index in [0.717, 1.165) is 17.2 Å². The molecule has 4 aromatic rings. The highest BCUT2D eigenvalue weighted by Crippen LogP contribution is 2.27. The maximum atomic E-state index is 12.4. The molecule has 4 rings (SSSR count). The first kappa shape index (κ1) is 19.0. The molecule has 0 aliphatic rings. The number of nitrogens with one attached hydrogen (secondary N) is 2. The predicted octanol–water partition coefficient (Wildman–Crippen LogP) is 3.85. The molecule has 2 aromatic carbocycles. The number of nitro benzene ring substituents is 1. The number of thiazole rings is 1. The second-order valence-electron chi connectivity index (χ2n) is 5.72. The summed E-state index contributed by atoms with van der Waals surface area (Å²) in [5.74, 6) is -0.382. The predicted molar refractivity (Wildman–Crippen MR) is 115 cm³/mol. The molecular formula is C17H10N6O3S3. The van der Waals surface area contributed by atoms with Crippen molar-refractivity contribution < 1.29 is 9.72 Å². The summed E-state index contributed by atoms with van der Waals surface area (Å²) in [4.78, 5) is 27.2. The molecule has 2 heterocycles. The van der Waals surface area contributed by atoms with E-state index in [1.807, 2.05) is 0 Å². The third-order valence-corrected chi connectivity index (χ3v) is 5.34. The standard InChI is InChI=1S/C17H10N6O3S3/c24-15(10-4-5-12-13(7-10)22-29-21-12)19-16(27)20-17-18-14(8-28-17)9-2-1-3-11(6-9)23(25)26/h1-8H,(H2,18,19,20,24,27). The van der Waals surface area contributed by atoms with Crippen LogP contribution in [0.3, 0.4) is 0 Å². The summed E-state index contributed by atoms with van der Waals surface area (Å²) in [6, 6.07) is 11.2. The lowest BCUT2D eigenvalue weighted by atomic mass is 10.1. The summed E-state index contributed by atoms with van der Waals surface area (Å²) >= 11 is 7.52. The van der Waals surface area contributed by atoms with E-state index < -0.39 is 4.92 Å². The van der Waals surface area contributed by atoms with E-state index in [4.69, 9.17) is 12.2 Å². The fourth-order valence-electron chi connectivity index (χ4n) is 2.47. The quantitative estimate of drug-likeness (QED) is 0.278. The first-order valence-corrected chi connectivity index (χ1v) is 10.1. The third-order valence-electron chi connectivity index (χ3n) is 3.82. The normalized spacial score (nSPS) is 10.6. The van der Waals surface area contributed by atoms with Gasteiger partial charge in [0.1, 0.15) is 11.0 Å². The van der Waals surface area contributed by atoms with Crippen LogP contribution in [0.5, 0.6) is 0 Å². The van der Waals surface area contributed by atoms with Gasteiger partial charge in [-0.25, -0.2) is 4.98 Å². The number of thiocarbonyl (C=S) groups is 1. The largest absolute Gasteiger partial charge is 0.308 e. The molecule has 0 saturated carbocycles. The highest BCUT2D eigenvalue weighted by atomic mass is 32.1. The fraction of sp³-hybridized carbons (Fsp3) is 0. The molecule has 0 atom stereocenters. The average Bonchev–Trinajstić information content (AvgIpc) is 3.36. The molecule has 1 amide bonds. The van der Waals surface area contributed by atoms with Crippen LogP contribution in [-0.2, 0) is 0 Å². The number of nitrogens with zero attached hydrogens (tertiary/aromatic N) is 4. The van der Waals surface area contributed by atoms with Crippen molar-refractivity contribution in [3.8, 4) is 11.3 Å². The number of amides is 1. The molecule has 12 heteroatoms. The number of fused-ring (bicyclic) bond motifs is 1. The number of rotatable bonds is 4. The van der Waals surface area contributed by atoms with Crippen LogP contribution in [0.2, 0.25) is 0 Å². The monoisotopic (exact) mass is 442 g/mol. The minimum atomic E-state index is -0.460. The molecule has 0 saturated heterocycles. The molecule has 144 valence electrons. The lowest BCUT2D eigenvalue weighted by Gasteiger charge is -2.07. The van der Waals surface area contributed by atoms with Gasteiger partial charge in [0.2, 0.25) is 0 Å². The molecular weight excluding hydrogens is 432 g/mol. The van der Waals surface area contributed by atoms with Gasteiger partial charge in [-0.2, -0.15) is 8.75 Å². The number of nitro groups is 1. The Morgan fingerprint density at radius 3 is 2.79 bits per heavy atom. The number of benzene rings is 2. The van der Waals surface area contributed by atoms with Gasteiger partial charge in [-0.15, -0.1) is 11.3 Å². The molecule has 0 aliphatic heterocycles. The smallest absolute Gasteiger partial charge is 0.270 e. The number of hydrogen-bond donors (Lipinski definition) is 2. The Kier molecular flexibility index (Phi) is 5.20. The number of non-ortho nitro benzene ring substituents is 1. The van der Waals surface area contributed by atoms with Crippen molar-refractivity contribution in [2.45, 2.75) is 0 Å².